The Bertz CT molecular complexity index is 314. The summed E-state index contributed by atoms with van der Waals surface area (Å²) in [5.74, 6) is 0. The molecule has 2 nitrogen and oxygen atoms in total. The minimum atomic E-state index is -0.731. The van der Waals surface area contributed by atoms with Gasteiger partial charge in [-0.3, -0.25) is 0 Å². The second-order valence-electron chi connectivity index (χ2n) is 4.14. The molecule has 1 fully saturated rings. The molecule has 1 N–H and O–H groups in total. The van der Waals surface area contributed by atoms with Gasteiger partial charge in [0.15, 0.2) is 0 Å². The van der Waals surface area contributed by atoms with Gasteiger partial charge in [0, 0.05) is 5.41 Å². The molecular weight excluding hydrogens is 187 g/mol. The van der Waals surface area contributed by atoms with E-state index in [2.05, 4.69) is 26.0 Å². The molecule has 0 amide bonds. The molecule has 1 heterocycles. The Hall–Kier alpha value is -0.795. The van der Waals surface area contributed by atoms with Gasteiger partial charge in [0.1, 0.15) is 0 Å². The van der Waals surface area contributed by atoms with Crippen LogP contribution in [0, 0.1) is 5.41 Å². The van der Waals surface area contributed by atoms with Crippen LogP contribution >= 0.6 is 0 Å². The van der Waals surface area contributed by atoms with Gasteiger partial charge in [0.05, 0.1) is 6.61 Å². The van der Waals surface area contributed by atoms with E-state index in [0.29, 0.717) is 6.61 Å². The molecule has 82 valence electrons. The zero-order valence-corrected chi connectivity index (χ0v) is 9.95. The molecule has 0 aromatic rings. The van der Waals surface area contributed by atoms with Crippen molar-refractivity contribution in [1.82, 2.24) is 0 Å². The molecule has 15 heavy (non-hydrogen) atoms. The van der Waals surface area contributed by atoms with Gasteiger partial charge in [0.25, 0.3) is 0 Å². The highest BCUT2D eigenvalue weighted by molar-refractivity contribution is 6.55. The first-order chi connectivity index (χ1) is 7.08. The van der Waals surface area contributed by atoms with Crippen molar-refractivity contribution in [2.75, 3.05) is 6.61 Å². The fourth-order valence-electron chi connectivity index (χ4n) is 1.67. The molecule has 0 atom stereocenters. The average Bonchev–Trinajstić information content (AvgIpc) is 2.46. The van der Waals surface area contributed by atoms with Crippen LogP contribution in [-0.2, 0) is 4.65 Å². The van der Waals surface area contributed by atoms with Crippen LogP contribution in [-0.4, -0.2) is 18.7 Å². The van der Waals surface area contributed by atoms with Crippen molar-refractivity contribution in [3.8, 4) is 0 Å². The number of fused-ring (bicyclic) bond motifs is 1. The van der Waals surface area contributed by atoms with E-state index in [1.165, 1.54) is 0 Å². The lowest BCUT2D eigenvalue weighted by Crippen LogP contribution is -2.15. The van der Waals surface area contributed by atoms with E-state index in [0.717, 1.165) is 11.0 Å². The van der Waals surface area contributed by atoms with E-state index in [-0.39, 0.29) is 5.41 Å². The maximum absolute atomic E-state index is 9.52. The Morgan fingerprint density at radius 1 is 1.40 bits per heavy atom. The first-order valence-corrected chi connectivity index (χ1v) is 5.50. The standard InChI is InChI=1S/C10H13BO2.C2H6/c1-10(2)5-3-4-8-7-13-11(12)9(8)6-10;1-2/h3-6,12H,7H2,1-2H3;1-2H3. The van der Waals surface area contributed by atoms with Crippen LogP contribution in [0.2, 0.25) is 0 Å². The van der Waals surface area contributed by atoms with E-state index in [1.54, 1.807) is 0 Å². The molecule has 2 rings (SSSR count). The number of hydrogen-bond donors (Lipinski definition) is 1. The Balaban J connectivity index is 0.000000531. The number of hydrogen-bond acceptors (Lipinski definition) is 2. The van der Waals surface area contributed by atoms with Crippen LogP contribution in [0.4, 0.5) is 0 Å². The maximum atomic E-state index is 9.52. The monoisotopic (exact) mass is 206 g/mol. The van der Waals surface area contributed by atoms with E-state index in [1.807, 2.05) is 26.0 Å². The van der Waals surface area contributed by atoms with Crippen LogP contribution in [0.15, 0.2) is 35.3 Å². The second-order valence-corrected chi connectivity index (χ2v) is 4.14. The van der Waals surface area contributed by atoms with Gasteiger partial charge < -0.3 is 9.68 Å². The zero-order chi connectivity index (χ0) is 11.5. The molecule has 0 aromatic heterocycles. The Labute approximate surface area is 92.5 Å². The van der Waals surface area contributed by atoms with Crippen molar-refractivity contribution in [1.29, 1.82) is 0 Å². The Morgan fingerprint density at radius 3 is 2.73 bits per heavy atom. The quantitative estimate of drug-likeness (QED) is 0.617. The highest BCUT2D eigenvalue weighted by Crippen LogP contribution is 2.31. The molecule has 0 bridgehead atoms. The van der Waals surface area contributed by atoms with Crippen molar-refractivity contribution in [2.24, 2.45) is 5.41 Å². The molecule has 0 spiro atoms. The van der Waals surface area contributed by atoms with Crippen molar-refractivity contribution in [2.45, 2.75) is 27.7 Å². The molecule has 0 unspecified atom stereocenters. The van der Waals surface area contributed by atoms with E-state index in [9.17, 15) is 5.02 Å². The third-order valence-electron chi connectivity index (χ3n) is 2.38. The predicted molar refractivity (Wildman–Crippen MR) is 64.4 cm³/mol. The highest BCUT2D eigenvalue weighted by atomic mass is 16.5. The first-order valence-electron chi connectivity index (χ1n) is 5.50. The third-order valence-corrected chi connectivity index (χ3v) is 2.38. The van der Waals surface area contributed by atoms with Crippen LogP contribution in [0.5, 0.6) is 0 Å². The largest absolute Gasteiger partial charge is 0.491 e. The second kappa shape index (κ2) is 4.82. The minimum absolute atomic E-state index is 0.00225. The summed E-state index contributed by atoms with van der Waals surface area (Å²) in [7, 11) is -0.731. The fraction of sp³-hybridized carbons (Fsp3) is 0.500. The lowest BCUT2D eigenvalue weighted by Gasteiger charge is -2.14. The predicted octanol–water partition coefficient (Wildman–Crippen LogP) is 2.51. The molecule has 1 aliphatic heterocycles. The molecule has 1 saturated heterocycles. The van der Waals surface area contributed by atoms with E-state index in [4.69, 9.17) is 4.65 Å². The fourth-order valence-corrected chi connectivity index (χ4v) is 1.67. The summed E-state index contributed by atoms with van der Waals surface area (Å²) in [5, 5.41) is 9.52. The minimum Gasteiger partial charge on any atom is -0.423 e. The molecule has 3 heteroatoms. The van der Waals surface area contributed by atoms with Gasteiger partial charge in [-0.2, -0.15) is 0 Å². The average molecular weight is 206 g/mol. The van der Waals surface area contributed by atoms with E-state index < -0.39 is 7.12 Å². The van der Waals surface area contributed by atoms with Crippen molar-refractivity contribution in [3.05, 3.63) is 35.3 Å². The lowest BCUT2D eigenvalue weighted by molar-refractivity contribution is 0.316. The van der Waals surface area contributed by atoms with Crippen LogP contribution < -0.4 is 0 Å². The SMILES string of the molecule is CC.CC1(C)C=CC=C2COB(O)C2=C1. The summed E-state index contributed by atoms with van der Waals surface area (Å²) in [6.07, 6.45) is 8.23. The summed E-state index contributed by atoms with van der Waals surface area (Å²) in [6.45, 7) is 8.74. The van der Waals surface area contributed by atoms with Crippen LogP contribution in [0.3, 0.4) is 0 Å². The molecule has 1 aliphatic carbocycles. The normalized spacial score (nSPS) is 22.1. The number of allylic oxidation sites excluding steroid dienone is 4. The Kier molecular flexibility index (Phi) is 3.94. The summed E-state index contributed by atoms with van der Waals surface area (Å²) in [6, 6.07) is 0. The molecular formula is C12H19BO2. The van der Waals surface area contributed by atoms with Crippen LogP contribution in [0.25, 0.3) is 0 Å². The van der Waals surface area contributed by atoms with Crippen molar-refractivity contribution >= 4 is 7.12 Å². The summed E-state index contributed by atoms with van der Waals surface area (Å²) in [4.78, 5) is 0. The van der Waals surface area contributed by atoms with E-state index >= 15 is 0 Å². The third kappa shape index (κ3) is 2.83. The van der Waals surface area contributed by atoms with Crippen molar-refractivity contribution < 1.29 is 9.68 Å². The molecule has 2 aliphatic rings. The summed E-state index contributed by atoms with van der Waals surface area (Å²) < 4.78 is 5.13. The van der Waals surface area contributed by atoms with Gasteiger partial charge >= 0.3 is 7.12 Å². The lowest BCUT2D eigenvalue weighted by atomic mass is 9.74. The number of rotatable bonds is 0. The Morgan fingerprint density at radius 2 is 2.07 bits per heavy atom. The van der Waals surface area contributed by atoms with Gasteiger partial charge in [0.2, 0.25) is 0 Å². The van der Waals surface area contributed by atoms with Crippen LogP contribution in [0.1, 0.15) is 27.7 Å². The van der Waals surface area contributed by atoms with Gasteiger partial charge in [-0.05, 0) is 11.0 Å². The topological polar surface area (TPSA) is 29.5 Å². The smallest absolute Gasteiger partial charge is 0.423 e. The highest BCUT2D eigenvalue weighted by Gasteiger charge is 2.32. The maximum Gasteiger partial charge on any atom is 0.491 e. The first kappa shape index (κ1) is 12.3. The summed E-state index contributed by atoms with van der Waals surface area (Å²) >= 11 is 0. The molecule has 0 saturated carbocycles. The molecule has 0 aromatic carbocycles. The van der Waals surface area contributed by atoms with Gasteiger partial charge in [-0.1, -0.05) is 52.0 Å². The van der Waals surface area contributed by atoms with Gasteiger partial charge in [-0.25, -0.2) is 0 Å². The zero-order valence-electron chi connectivity index (χ0n) is 9.95. The molecule has 0 radical (unpaired) electrons. The van der Waals surface area contributed by atoms with Crippen molar-refractivity contribution in [3.63, 3.8) is 0 Å². The van der Waals surface area contributed by atoms with Gasteiger partial charge in [-0.15, -0.1) is 0 Å². The summed E-state index contributed by atoms with van der Waals surface area (Å²) in [5.41, 5.74) is 2.02.